The average Bonchev–Trinajstić information content (AvgIpc) is 2.75. The molecule has 0 unspecified atom stereocenters. The topological polar surface area (TPSA) is 136 Å². The molecule has 3 rings (SSSR count). The molecule has 0 aliphatic heterocycles. The monoisotopic (exact) mass is 421 g/mol. The summed E-state index contributed by atoms with van der Waals surface area (Å²) in [5, 5.41) is 17.5. The van der Waals surface area contributed by atoms with Crippen molar-refractivity contribution in [1.82, 2.24) is 9.97 Å². The maximum absolute atomic E-state index is 11.8. The smallest absolute Gasteiger partial charge is 0.353 e. The standard InChI is InChI=1S/C21H19N5O5/c1-3-31-21(28)15-6-10-17(11-7-15)25-20-18(26(29)30)19(22-12-23-20)24-16-8-4-14(5-9-16)13(2)27/h4-12H,3H2,1-2H3,(H2,22,23,24,25). The van der Waals surface area contributed by atoms with Crippen molar-refractivity contribution in [3.05, 3.63) is 76.1 Å². The molecular weight excluding hydrogens is 402 g/mol. The number of nitrogens with one attached hydrogen (secondary N) is 2. The molecule has 0 fully saturated rings. The molecule has 10 heteroatoms. The molecule has 0 aliphatic rings. The molecule has 1 aromatic heterocycles. The number of esters is 1. The van der Waals surface area contributed by atoms with Crippen molar-refractivity contribution in [2.24, 2.45) is 0 Å². The number of benzene rings is 2. The third kappa shape index (κ3) is 5.18. The number of ketones is 1. The summed E-state index contributed by atoms with van der Waals surface area (Å²) in [4.78, 5) is 42.2. The van der Waals surface area contributed by atoms with Crippen LogP contribution in [0.5, 0.6) is 0 Å². The fraction of sp³-hybridized carbons (Fsp3) is 0.143. The van der Waals surface area contributed by atoms with Crippen LogP contribution in [0.25, 0.3) is 0 Å². The summed E-state index contributed by atoms with van der Waals surface area (Å²) in [5.74, 6) is -0.572. The van der Waals surface area contributed by atoms with Gasteiger partial charge in [0.05, 0.1) is 17.1 Å². The van der Waals surface area contributed by atoms with Crippen LogP contribution in [0.2, 0.25) is 0 Å². The van der Waals surface area contributed by atoms with Gasteiger partial charge in [0.2, 0.25) is 11.6 Å². The zero-order chi connectivity index (χ0) is 22.4. The lowest BCUT2D eigenvalue weighted by atomic mass is 10.1. The van der Waals surface area contributed by atoms with E-state index in [1.807, 2.05) is 0 Å². The van der Waals surface area contributed by atoms with Crippen LogP contribution in [0.15, 0.2) is 54.9 Å². The first kappa shape index (κ1) is 21.4. The number of hydrogen-bond donors (Lipinski definition) is 2. The third-order valence-corrected chi connectivity index (χ3v) is 4.22. The Bertz CT molecular complexity index is 1110. The van der Waals surface area contributed by atoms with Crippen LogP contribution in [0.3, 0.4) is 0 Å². The lowest BCUT2D eigenvalue weighted by molar-refractivity contribution is -0.383. The van der Waals surface area contributed by atoms with Gasteiger partial charge in [0.1, 0.15) is 6.33 Å². The Labute approximate surface area is 177 Å². The van der Waals surface area contributed by atoms with Gasteiger partial charge in [-0.15, -0.1) is 0 Å². The van der Waals surface area contributed by atoms with E-state index >= 15 is 0 Å². The normalized spacial score (nSPS) is 10.3. The van der Waals surface area contributed by atoms with E-state index in [2.05, 4.69) is 20.6 Å². The molecule has 0 bridgehead atoms. The number of anilines is 4. The van der Waals surface area contributed by atoms with Gasteiger partial charge >= 0.3 is 11.7 Å². The average molecular weight is 421 g/mol. The Morgan fingerprint density at radius 1 is 0.935 bits per heavy atom. The molecule has 0 spiro atoms. The lowest BCUT2D eigenvalue weighted by Crippen LogP contribution is -2.06. The molecule has 0 amide bonds. The van der Waals surface area contributed by atoms with Gasteiger partial charge in [0.15, 0.2) is 5.78 Å². The van der Waals surface area contributed by atoms with Crippen molar-refractivity contribution in [2.45, 2.75) is 13.8 Å². The van der Waals surface area contributed by atoms with Crippen molar-refractivity contribution in [3.63, 3.8) is 0 Å². The molecule has 0 aliphatic carbocycles. The molecule has 2 aromatic carbocycles. The van der Waals surface area contributed by atoms with E-state index in [1.165, 1.54) is 13.3 Å². The highest BCUT2D eigenvalue weighted by atomic mass is 16.6. The minimum absolute atomic E-state index is 0.0128. The van der Waals surface area contributed by atoms with Crippen molar-refractivity contribution >= 4 is 40.5 Å². The number of nitro groups is 1. The van der Waals surface area contributed by atoms with Gasteiger partial charge in [-0.05, 0) is 62.4 Å². The minimum atomic E-state index is -0.596. The predicted molar refractivity (Wildman–Crippen MR) is 114 cm³/mol. The van der Waals surface area contributed by atoms with E-state index in [-0.39, 0.29) is 29.7 Å². The Kier molecular flexibility index (Phi) is 6.51. The van der Waals surface area contributed by atoms with Crippen LogP contribution < -0.4 is 10.6 Å². The summed E-state index contributed by atoms with van der Waals surface area (Å²) in [5.41, 5.74) is 1.55. The van der Waals surface area contributed by atoms with Gasteiger partial charge in [-0.3, -0.25) is 14.9 Å². The molecule has 0 saturated heterocycles. The maximum Gasteiger partial charge on any atom is 0.353 e. The number of carbonyl (C=O) groups excluding carboxylic acids is 2. The second-order valence-corrected chi connectivity index (χ2v) is 6.36. The SMILES string of the molecule is CCOC(=O)c1ccc(Nc2ncnc(Nc3ccc(C(C)=O)cc3)c2[N+](=O)[O-])cc1. The van der Waals surface area contributed by atoms with Crippen LogP contribution in [-0.2, 0) is 4.74 Å². The molecule has 158 valence electrons. The van der Waals surface area contributed by atoms with E-state index in [0.717, 1.165) is 0 Å². The van der Waals surface area contributed by atoms with Crippen LogP contribution in [-0.4, -0.2) is 33.3 Å². The number of rotatable bonds is 8. The Balaban J connectivity index is 1.85. The maximum atomic E-state index is 11.8. The molecule has 31 heavy (non-hydrogen) atoms. The van der Waals surface area contributed by atoms with Crippen molar-refractivity contribution < 1.29 is 19.2 Å². The highest BCUT2D eigenvalue weighted by Gasteiger charge is 2.23. The number of nitrogens with zero attached hydrogens (tertiary/aromatic N) is 3. The van der Waals surface area contributed by atoms with Crippen molar-refractivity contribution in [2.75, 3.05) is 17.2 Å². The summed E-state index contributed by atoms with van der Waals surface area (Å²) in [6.07, 6.45) is 1.19. The van der Waals surface area contributed by atoms with Crippen LogP contribution in [0.4, 0.5) is 28.7 Å². The highest BCUT2D eigenvalue weighted by molar-refractivity contribution is 5.94. The number of Topliss-reactive ketones (excluding diaryl/α,β-unsaturated/α-hetero) is 1. The van der Waals surface area contributed by atoms with E-state index in [9.17, 15) is 19.7 Å². The number of carbonyl (C=O) groups is 2. The number of hydrogen-bond acceptors (Lipinski definition) is 9. The largest absolute Gasteiger partial charge is 0.462 e. The predicted octanol–water partition coefficient (Wildman–Crippen LogP) is 4.25. The summed E-state index contributed by atoms with van der Waals surface area (Å²) < 4.78 is 4.93. The van der Waals surface area contributed by atoms with Gasteiger partial charge in [-0.1, -0.05) is 0 Å². The summed E-state index contributed by atoms with van der Waals surface area (Å²) in [7, 11) is 0. The van der Waals surface area contributed by atoms with Crippen LogP contribution >= 0.6 is 0 Å². The second-order valence-electron chi connectivity index (χ2n) is 6.36. The van der Waals surface area contributed by atoms with E-state index < -0.39 is 10.9 Å². The molecule has 1 heterocycles. The molecule has 2 N–H and O–H groups in total. The zero-order valence-electron chi connectivity index (χ0n) is 16.8. The molecule has 0 radical (unpaired) electrons. The Morgan fingerprint density at radius 3 is 1.84 bits per heavy atom. The van der Waals surface area contributed by atoms with Gasteiger partial charge in [-0.25, -0.2) is 14.8 Å². The lowest BCUT2D eigenvalue weighted by Gasteiger charge is -2.11. The molecule has 10 nitrogen and oxygen atoms in total. The second kappa shape index (κ2) is 9.44. The molecule has 3 aromatic rings. The first-order chi connectivity index (χ1) is 14.9. The highest BCUT2D eigenvalue weighted by Crippen LogP contribution is 2.33. The van der Waals surface area contributed by atoms with Gasteiger partial charge < -0.3 is 15.4 Å². The molecular formula is C21H19N5O5. The van der Waals surface area contributed by atoms with Crippen molar-refractivity contribution in [1.29, 1.82) is 0 Å². The van der Waals surface area contributed by atoms with Gasteiger partial charge in [0, 0.05) is 16.9 Å². The first-order valence-corrected chi connectivity index (χ1v) is 9.30. The van der Waals surface area contributed by atoms with E-state index in [1.54, 1.807) is 55.5 Å². The Hall–Kier alpha value is -4.34. The quantitative estimate of drug-likeness (QED) is 0.237. The first-order valence-electron chi connectivity index (χ1n) is 9.30. The van der Waals surface area contributed by atoms with Gasteiger partial charge in [0.25, 0.3) is 0 Å². The molecule has 0 saturated carbocycles. The minimum Gasteiger partial charge on any atom is -0.462 e. The fourth-order valence-corrected chi connectivity index (χ4v) is 2.70. The van der Waals surface area contributed by atoms with Crippen LogP contribution in [0, 0.1) is 10.1 Å². The Morgan fingerprint density at radius 2 is 1.42 bits per heavy atom. The fourth-order valence-electron chi connectivity index (χ4n) is 2.70. The zero-order valence-corrected chi connectivity index (χ0v) is 16.8. The summed E-state index contributed by atoms with van der Waals surface area (Å²) >= 11 is 0. The number of ether oxygens (including phenoxy) is 1. The van der Waals surface area contributed by atoms with E-state index in [4.69, 9.17) is 4.74 Å². The van der Waals surface area contributed by atoms with Crippen molar-refractivity contribution in [3.8, 4) is 0 Å². The summed E-state index contributed by atoms with van der Waals surface area (Å²) in [6, 6.07) is 12.8. The third-order valence-electron chi connectivity index (χ3n) is 4.22. The van der Waals surface area contributed by atoms with Crippen LogP contribution in [0.1, 0.15) is 34.6 Å². The van der Waals surface area contributed by atoms with Gasteiger partial charge in [-0.2, -0.15) is 0 Å². The number of aromatic nitrogens is 2. The van der Waals surface area contributed by atoms with E-state index in [0.29, 0.717) is 22.5 Å². The molecule has 0 atom stereocenters. The summed E-state index contributed by atoms with van der Waals surface area (Å²) in [6.45, 7) is 3.43.